The fraction of sp³-hybridized carbons (Fsp3) is 0.250. The van der Waals surface area contributed by atoms with Crippen molar-refractivity contribution in [2.75, 3.05) is 18.0 Å². The summed E-state index contributed by atoms with van der Waals surface area (Å²) in [6.07, 6.45) is 2.41. The average molecular weight is 329 g/mol. The van der Waals surface area contributed by atoms with Crippen molar-refractivity contribution in [3.05, 3.63) is 54.1 Å². The van der Waals surface area contributed by atoms with Gasteiger partial charge in [0.25, 0.3) is 0 Å². The summed E-state index contributed by atoms with van der Waals surface area (Å²) in [7, 11) is 0. The summed E-state index contributed by atoms with van der Waals surface area (Å²) >= 11 is 0. The largest absolute Gasteiger partial charge is 0.342 e. The van der Waals surface area contributed by atoms with Gasteiger partial charge in [-0.3, -0.25) is 0 Å². The highest BCUT2D eigenvalue weighted by Crippen LogP contribution is 2.30. The van der Waals surface area contributed by atoms with E-state index in [-0.39, 0.29) is 0 Å². The molecule has 1 aliphatic rings. The van der Waals surface area contributed by atoms with Crippen LogP contribution in [0.25, 0.3) is 27.9 Å². The predicted molar refractivity (Wildman–Crippen MR) is 99.9 cm³/mol. The minimum Gasteiger partial charge on any atom is -0.342 e. The number of hydrogen-bond acceptors (Lipinski definition) is 4. The Balaban J connectivity index is 1.86. The minimum absolute atomic E-state index is 0.860. The second-order valence-corrected chi connectivity index (χ2v) is 6.68. The maximum Gasteiger partial charge on any atom is 0.213 e. The van der Waals surface area contributed by atoms with E-state index >= 15 is 0 Å². The number of para-hydroxylation sites is 1. The quantitative estimate of drug-likeness (QED) is 0.560. The molecular formula is C20H19N5. The van der Waals surface area contributed by atoms with Crippen molar-refractivity contribution in [3.63, 3.8) is 0 Å². The number of anilines is 1. The SMILES string of the molecule is Cc1cccc(-c2nnc3c4ccccc4nc(N4CCCC4)n23)c1. The fourth-order valence-corrected chi connectivity index (χ4v) is 3.67. The van der Waals surface area contributed by atoms with Crippen molar-refractivity contribution >= 4 is 22.5 Å². The molecule has 0 N–H and O–H groups in total. The van der Waals surface area contributed by atoms with Crippen LogP contribution in [0, 0.1) is 6.92 Å². The van der Waals surface area contributed by atoms with Crippen LogP contribution in [0.15, 0.2) is 48.5 Å². The van der Waals surface area contributed by atoms with Crippen LogP contribution >= 0.6 is 0 Å². The second-order valence-electron chi connectivity index (χ2n) is 6.68. The summed E-state index contributed by atoms with van der Waals surface area (Å²) in [6.45, 7) is 4.17. The molecule has 1 fully saturated rings. The highest BCUT2D eigenvalue weighted by atomic mass is 15.4. The number of nitrogens with zero attached hydrogens (tertiary/aromatic N) is 5. The molecule has 0 amide bonds. The summed E-state index contributed by atoms with van der Waals surface area (Å²) in [5.74, 6) is 1.81. The third kappa shape index (κ3) is 2.27. The molecule has 5 nitrogen and oxygen atoms in total. The molecule has 0 bridgehead atoms. The Morgan fingerprint density at radius 1 is 0.920 bits per heavy atom. The number of aryl methyl sites for hydroxylation is 1. The van der Waals surface area contributed by atoms with Gasteiger partial charge in [-0.25, -0.2) is 9.38 Å². The van der Waals surface area contributed by atoms with Gasteiger partial charge in [0.15, 0.2) is 11.5 Å². The van der Waals surface area contributed by atoms with Gasteiger partial charge in [-0.05, 0) is 38.0 Å². The molecule has 0 unspecified atom stereocenters. The Morgan fingerprint density at radius 2 is 1.76 bits per heavy atom. The summed E-state index contributed by atoms with van der Waals surface area (Å²) in [5.41, 5.74) is 4.14. The molecule has 25 heavy (non-hydrogen) atoms. The third-order valence-corrected chi connectivity index (χ3v) is 4.89. The maximum atomic E-state index is 4.98. The molecule has 0 spiro atoms. The highest BCUT2D eigenvalue weighted by Gasteiger charge is 2.22. The number of benzene rings is 2. The van der Waals surface area contributed by atoms with Crippen molar-refractivity contribution in [2.24, 2.45) is 0 Å². The van der Waals surface area contributed by atoms with Gasteiger partial charge in [-0.15, -0.1) is 10.2 Å². The molecule has 124 valence electrons. The molecule has 2 aromatic heterocycles. The molecule has 2 aromatic carbocycles. The zero-order valence-corrected chi connectivity index (χ0v) is 14.2. The van der Waals surface area contributed by atoms with Crippen molar-refractivity contribution in [2.45, 2.75) is 19.8 Å². The molecule has 5 heteroatoms. The first-order valence-electron chi connectivity index (χ1n) is 8.77. The van der Waals surface area contributed by atoms with E-state index in [9.17, 15) is 0 Å². The lowest BCUT2D eigenvalue weighted by atomic mass is 10.1. The van der Waals surface area contributed by atoms with E-state index < -0.39 is 0 Å². The number of hydrogen-bond donors (Lipinski definition) is 0. The van der Waals surface area contributed by atoms with Gasteiger partial charge in [0, 0.05) is 24.0 Å². The van der Waals surface area contributed by atoms with E-state index in [1.54, 1.807) is 0 Å². The summed E-state index contributed by atoms with van der Waals surface area (Å²) < 4.78 is 2.13. The van der Waals surface area contributed by atoms with Crippen LogP contribution in [0.5, 0.6) is 0 Å². The van der Waals surface area contributed by atoms with Gasteiger partial charge in [0.1, 0.15) is 0 Å². The normalized spacial score (nSPS) is 14.7. The summed E-state index contributed by atoms with van der Waals surface area (Å²) in [4.78, 5) is 7.32. The van der Waals surface area contributed by atoms with Crippen molar-refractivity contribution in [3.8, 4) is 11.4 Å². The van der Waals surface area contributed by atoms with Crippen LogP contribution in [-0.2, 0) is 0 Å². The molecule has 5 rings (SSSR count). The van der Waals surface area contributed by atoms with Gasteiger partial charge >= 0.3 is 0 Å². The zero-order valence-electron chi connectivity index (χ0n) is 14.2. The summed E-state index contributed by atoms with van der Waals surface area (Å²) in [5, 5.41) is 10.1. The van der Waals surface area contributed by atoms with E-state index in [2.05, 4.69) is 62.8 Å². The molecule has 4 aromatic rings. The average Bonchev–Trinajstić information content (AvgIpc) is 3.31. The van der Waals surface area contributed by atoms with Crippen molar-refractivity contribution in [1.29, 1.82) is 0 Å². The topological polar surface area (TPSA) is 46.3 Å². The van der Waals surface area contributed by atoms with Gasteiger partial charge in [0.05, 0.1) is 5.52 Å². The summed E-state index contributed by atoms with van der Waals surface area (Å²) in [6, 6.07) is 16.6. The Hall–Kier alpha value is -2.95. The molecule has 1 saturated heterocycles. The highest BCUT2D eigenvalue weighted by molar-refractivity contribution is 5.93. The smallest absolute Gasteiger partial charge is 0.213 e. The Kier molecular flexibility index (Phi) is 3.20. The fourth-order valence-electron chi connectivity index (χ4n) is 3.67. The van der Waals surface area contributed by atoms with Crippen LogP contribution in [0.1, 0.15) is 18.4 Å². The maximum absolute atomic E-state index is 4.98. The number of rotatable bonds is 2. The van der Waals surface area contributed by atoms with Crippen LogP contribution in [0.4, 0.5) is 5.95 Å². The molecule has 0 aliphatic carbocycles. The molecule has 0 radical (unpaired) electrons. The van der Waals surface area contributed by atoms with E-state index in [0.717, 1.165) is 47.0 Å². The van der Waals surface area contributed by atoms with Crippen molar-refractivity contribution < 1.29 is 0 Å². The molecular weight excluding hydrogens is 310 g/mol. The van der Waals surface area contributed by atoms with Crippen LogP contribution < -0.4 is 4.90 Å². The van der Waals surface area contributed by atoms with Gasteiger partial charge in [0.2, 0.25) is 5.95 Å². The zero-order chi connectivity index (χ0) is 16.8. The number of aromatic nitrogens is 4. The Labute approximate surface area is 145 Å². The van der Waals surface area contributed by atoms with Gasteiger partial charge < -0.3 is 4.90 Å². The van der Waals surface area contributed by atoms with E-state index in [1.807, 2.05) is 12.1 Å². The van der Waals surface area contributed by atoms with E-state index in [4.69, 9.17) is 4.98 Å². The second kappa shape index (κ2) is 5.55. The molecule has 0 saturated carbocycles. The first-order chi connectivity index (χ1) is 12.3. The molecule has 0 atom stereocenters. The lowest BCUT2D eigenvalue weighted by Gasteiger charge is -2.19. The lowest BCUT2D eigenvalue weighted by Crippen LogP contribution is -2.22. The van der Waals surface area contributed by atoms with Crippen molar-refractivity contribution in [1.82, 2.24) is 19.6 Å². The first kappa shape index (κ1) is 14.4. The lowest BCUT2D eigenvalue weighted by molar-refractivity contribution is 0.886. The standard InChI is InChI=1S/C20H19N5/c1-14-7-6-8-15(13-14)18-22-23-19-16-9-2-3-10-17(16)21-20(25(18)19)24-11-4-5-12-24/h2-3,6-10,13H,4-5,11-12H2,1H3. The predicted octanol–water partition coefficient (Wildman–Crippen LogP) is 3.85. The number of fused-ring (bicyclic) bond motifs is 3. The van der Waals surface area contributed by atoms with Crippen LogP contribution in [0.2, 0.25) is 0 Å². The first-order valence-corrected chi connectivity index (χ1v) is 8.77. The van der Waals surface area contributed by atoms with Crippen LogP contribution in [0.3, 0.4) is 0 Å². The molecule has 1 aliphatic heterocycles. The van der Waals surface area contributed by atoms with Gasteiger partial charge in [-0.2, -0.15) is 0 Å². The monoisotopic (exact) mass is 329 g/mol. The molecule has 3 heterocycles. The minimum atomic E-state index is 0.860. The van der Waals surface area contributed by atoms with E-state index in [1.165, 1.54) is 18.4 Å². The van der Waals surface area contributed by atoms with Crippen LogP contribution in [-0.4, -0.2) is 32.7 Å². The third-order valence-electron chi connectivity index (χ3n) is 4.89. The van der Waals surface area contributed by atoms with Gasteiger partial charge in [-0.1, -0.05) is 35.9 Å². The Morgan fingerprint density at radius 3 is 2.60 bits per heavy atom. The van der Waals surface area contributed by atoms with E-state index in [0.29, 0.717) is 0 Å². The Bertz CT molecular complexity index is 1080.